The number of rotatable bonds is 9. The Morgan fingerprint density at radius 3 is 2.08 bits per heavy atom. The molecule has 0 aromatic heterocycles. The molecule has 0 saturated heterocycles. The maximum atomic E-state index is 12.2. The molecule has 0 unspecified atom stereocenters. The highest BCUT2D eigenvalue weighted by molar-refractivity contribution is 5.99. The van der Waals surface area contributed by atoms with Gasteiger partial charge in [-0.05, 0) is 29.8 Å². The average Bonchev–Trinajstić information content (AvgIpc) is 2.70. The standard InChI is InChI=1S/C19H22O7/c20-10-15(21)17(23)19(25)18(24)16(22)13-6-8-14(9-7-13)26-11-12-4-2-1-3-5-12/h1-9,15,17-21,23-25H,10-11H2/t15-,17+,18+,19-/m0/s1. The minimum atomic E-state index is -1.94. The topological polar surface area (TPSA) is 127 Å². The van der Waals surface area contributed by atoms with Gasteiger partial charge in [-0.1, -0.05) is 30.3 Å². The first-order chi connectivity index (χ1) is 12.4. The van der Waals surface area contributed by atoms with Crippen LogP contribution >= 0.6 is 0 Å². The van der Waals surface area contributed by atoms with Crippen molar-refractivity contribution in [2.24, 2.45) is 0 Å². The predicted octanol–water partition coefficient (Wildman–Crippen LogP) is -0.116. The zero-order valence-electron chi connectivity index (χ0n) is 14.0. The highest BCUT2D eigenvalue weighted by atomic mass is 16.5. The SMILES string of the molecule is O=C(c1ccc(OCc2ccccc2)cc1)[C@@H](O)[C@@H](O)[C@H](O)[C@@H](O)CO. The molecule has 7 nitrogen and oxygen atoms in total. The summed E-state index contributed by atoms with van der Waals surface area (Å²) in [7, 11) is 0. The molecule has 0 heterocycles. The maximum Gasteiger partial charge on any atom is 0.194 e. The van der Waals surface area contributed by atoms with Crippen molar-refractivity contribution in [3.63, 3.8) is 0 Å². The molecular formula is C19H22O7. The van der Waals surface area contributed by atoms with Gasteiger partial charge >= 0.3 is 0 Å². The first-order valence-corrected chi connectivity index (χ1v) is 8.08. The number of hydrogen-bond donors (Lipinski definition) is 5. The van der Waals surface area contributed by atoms with E-state index in [9.17, 15) is 25.2 Å². The van der Waals surface area contributed by atoms with Gasteiger partial charge in [-0.2, -0.15) is 0 Å². The van der Waals surface area contributed by atoms with E-state index in [0.29, 0.717) is 12.4 Å². The molecule has 5 N–H and O–H groups in total. The molecule has 140 valence electrons. The number of ether oxygens (including phenoxy) is 1. The molecule has 0 aliphatic carbocycles. The van der Waals surface area contributed by atoms with Crippen LogP contribution in [0.15, 0.2) is 54.6 Å². The van der Waals surface area contributed by atoms with Crippen LogP contribution < -0.4 is 4.74 Å². The van der Waals surface area contributed by atoms with Crippen LogP contribution in [-0.2, 0) is 6.61 Å². The van der Waals surface area contributed by atoms with Crippen molar-refractivity contribution in [2.45, 2.75) is 31.0 Å². The van der Waals surface area contributed by atoms with Gasteiger partial charge in [-0.3, -0.25) is 4.79 Å². The Labute approximate surface area is 150 Å². The summed E-state index contributed by atoms with van der Waals surface area (Å²) >= 11 is 0. The third-order valence-electron chi connectivity index (χ3n) is 3.91. The first-order valence-electron chi connectivity index (χ1n) is 8.08. The van der Waals surface area contributed by atoms with E-state index in [2.05, 4.69) is 0 Å². The Kier molecular flexibility index (Phi) is 7.26. The zero-order chi connectivity index (χ0) is 19.1. The van der Waals surface area contributed by atoms with E-state index in [1.807, 2.05) is 30.3 Å². The van der Waals surface area contributed by atoms with Crippen LogP contribution in [0.2, 0.25) is 0 Å². The maximum absolute atomic E-state index is 12.2. The third kappa shape index (κ3) is 5.10. The molecule has 0 amide bonds. The van der Waals surface area contributed by atoms with E-state index < -0.39 is 36.8 Å². The number of aliphatic hydroxyl groups excluding tert-OH is 5. The molecule has 0 radical (unpaired) electrons. The molecule has 0 spiro atoms. The van der Waals surface area contributed by atoms with E-state index in [0.717, 1.165) is 5.56 Å². The van der Waals surface area contributed by atoms with Gasteiger partial charge in [0.25, 0.3) is 0 Å². The minimum Gasteiger partial charge on any atom is -0.489 e. The van der Waals surface area contributed by atoms with Crippen molar-refractivity contribution >= 4 is 5.78 Å². The first kappa shape index (κ1) is 20.0. The van der Waals surface area contributed by atoms with Crippen LogP contribution in [0.4, 0.5) is 0 Å². The molecule has 0 aliphatic heterocycles. The zero-order valence-corrected chi connectivity index (χ0v) is 14.0. The van der Waals surface area contributed by atoms with Crippen molar-refractivity contribution in [3.8, 4) is 5.75 Å². The Balaban J connectivity index is 1.97. The number of carbonyl (C=O) groups excluding carboxylic acids is 1. The molecule has 0 fully saturated rings. The number of carbonyl (C=O) groups is 1. The number of aliphatic hydroxyl groups is 5. The van der Waals surface area contributed by atoms with Crippen molar-refractivity contribution in [1.82, 2.24) is 0 Å². The highest BCUT2D eigenvalue weighted by Crippen LogP contribution is 2.17. The molecule has 2 rings (SSSR count). The number of ketones is 1. The van der Waals surface area contributed by atoms with Crippen molar-refractivity contribution in [2.75, 3.05) is 6.61 Å². The summed E-state index contributed by atoms with van der Waals surface area (Å²) in [6.45, 7) is -0.451. The van der Waals surface area contributed by atoms with Crippen LogP contribution in [0.25, 0.3) is 0 Å². The van der Waals surface area contributed by atoms with Crippen LogP contribution in [0.3, 0.4) is 0 Å². The number of hydrogen-bond acceptors (Lipinski definition) is 7. The van der Waals surface area contributed by atoms with E-state index in [-0.39, 0.29) is 5.56 Å². The number of benzene rings is 2. The summed E-state index contributed by atoms with van der Waals surface area (Å²) in [6, 6.07) is 15.5. The van der Waals surface area contributed by atoms with Crippen LogP contribution in [-0.4, -0.2) is 62.3 Å². The highest BCUT2D eigenvalue weighted by Gasteiger charge is 2.34. The van der Waals surface area contributed by atoms with Gasteiger partial charge in [0.1, 0.15) is 36.8 Å². The smallest absolute Gasteiger partial charge is 0.194 e. The predicted molar refractivity (Wildman–Crippen MR) is 92.7 cm³/mol. The second-order valence-electron chi connectivity index (χ2n) is 5.84. The Bertz CT molecular complexity index is 687. The molecule has 4 atom stereocenters. The van der Waals surface area contributed by atoms with E-state index in [1.165, 1.54) is 12.1 Å². The Morgan fingerprint density at radius 2 is 1.50 bits per heavy atom. The number of Topliss-reactive ketones (excluding diaryl/α,β-unsaturated/α-hetero) is 1. The summed E-state index contributed by atoms with van der Waals surface area (Å²) in [5, 5.41) is 47.3. The summed E-state index contributed by atoms with van der Waals surface area (Å²) in [5.41, 5.74) is 1.09. The summed E-state index contributed by atoms with van der Waals surface area (Å²) in [4.78, 5) is 12.2. The monoisotopic (exact) mass is 362 g/mol. The van der Waals surface area contributed by atoms with Gasteiger partial charge < -0.3 is 30.3 Å². The average molecular weight is 362 g/mol. The van der Waals surface area contributed by atoms with Crippen molar-refractivity contribution in [1.29, 1.82) is 0 Å². The van der Waals surface area contributed by atoms with E-state index in [1.54, 1.807) is 12.1 Å². The second kappa shape index (κ2) is 9.42. The molecular weight excluding hydrogens is 340 g/mol. The lowest BCUT2D eigenvalue weighted by atomic mass is 9.96. The minimum absolute atomic E-state index is 0.106. The molecule has 2 aromatic rings. The van der Waals surface area contributed by atoms with Crippen LogP contribution in [0, 0.1) is 0 Å². The van der Waals surface area contributed by atoms with Gasteiger partial charge in [0.15, 0.2) is 5.78 Å². The lowest BCUT2D eigenvalue weighted by Gasteiger charge is -2.24. The lowest BCUT2D eigenvalue weighted by Crippen LogP contribution is -2.48. The molecule has 26 heavy (non-hydrogen) atoms. The molecule has 0 saturated carbocycles. The second-order valence-corrected chi connectivity index (χ2v) is 5.84. The quantitative estimate of drug-likeness (QED) is 0.394. The third-order valence-corrected chi connectivity index (χ3v) is 3.91. The van der Waals surface area contributed by atoms with Gasteiger partial charge in [-0.15, -0.1) is 0 Å². The Hall–Kier alpha value is -2.29. The molecule has 7 heteroatoms. The summed E-state index contributed by atoms with van der Waals surface area (Å²) in [5.74, 6) is -0.299. The molecule has 0 bridgehead atoms. The summed E-state index contributed by atoms with van der Waals surface area (Å²) < 4.78 is 5.59. The van der Waals surface area contributed by atoms with Crippen LogP contribution in [0.1, 0.15) is 15.9 Å². The fourth-order valence-electron chi connectivity index (χ4n) is 2.30. The fraction of sp³-hybridized carbons (Fsp3) is 0.316. The van der Waals surface area contributed by atoms with Gasteiger partial charge in [0.2, 0.25) is 0 Å². The Morgan fingerprint density at radius 1 is 0.885 bits per heavy atom. The molecule has 0 aliphatic rings. The lowest BCUT2D eigenvalue weighted by molar-refractivity contribution is -0.105. The normalized spacial score (nSPS) is 15.7. The largest absolute Gasteiger partial charge is 0.489 e. The van der Waals surface area contributed by atoms with Gasteiger partial charge in [0.05, 0.1) is 6.61 Å². The van der Waals surface area contributed by atoms with Crippen molar-refractivity contribution < 1.29 is 35.1 Å². The van der Waals surface area contributed by atoms with E-state index >= 15 is 0 Å². The van der Waals surface area contributed by atoms with Crippen LogP contribution in [0.5, 0.6) is 5.75 Å². The van der Waals surface area contributed by atoms with Gasteiger partial charge in [-0.25, -0.2) is 0 Å². The van der Waals surface area contributed by atoms with Gasteiger partial charge in [0, 0.05) is 5.56 Å². The summed E-state index contributed by atoms with van der Waals surface area (Å²) in [6.07, 6.45) is -7.39. The van der Waals surface area contributed by atoms with Crippen molar-refractivity contribution in [3.05, 3.63) is 65.7 Å². The van der Waals surface area contributed by atoms with E-state index in [4.69, 9.17) is 9.84 Å². The molecule has 2 aromatic carbocycles. The fourth-order valence-corrected chi connectivity index (χ4v) is 2.30.